The highest BCUT2D eigenvalue weighted by molar-refractivity contribution is 8.00. The summed E-state index contributed by atoms with van der Waals surface area (Å²) in [5, 5.41) is 2.86. The summed E-state index contributed by atoms with van der Waals surface area (Å²) in [6, 6.07) is 19.1. The van der Waals surface area contributed by atoms with Gasteiger partial charge in [-0.3, -0.25) is 4.79 Å². The van der Waals surface area contributed by atoms with Crippen LogP contribution in [0.25, 0.3) is 10.4 Å². The van der Waals surface area contributed by atoms with Crippen molar-refractivity contribution in [3.63, 3.8) is 0 Å². The number of carbonyl (C=O) groups excluding carboxylic acids is 2. The predicted octanol–water partition coefficient (Wildman–Crippen LogP) is 5.33. The average Bonchev–Trinajstić information content (AvgIpc) is 3.17. The molecule has 3 rings (SSSR count). The summed E-state index contributed by atoms with van der Waals surface area (Å²) in [7, 11) is 1.61. The number of ether oxygens (including phenoxy) is 2. The molecule has 0 radical (unpaired) electrons. The largest absolute Gasteiger partial charge is 0.497 e. The molecule has 150 valence electrons. The number of benzene rings is 2. The highest BCUT2D eigenvalue weighted by Gasteiger charge is 2.20. The molecular formula is C22H21NO4S2. The van der Waals surface area contributed by atoms with E-state index in [1.54, 1.807) is 14.0 Å². The highest BCUT2D eigenvalue weighted by atomic mass is 32.2. The van der Waals surface area contributed by atoms with Gasteiger partial charge in [0.05, 0.1) is 25.2 Å². The molecule has 0 spiro atoms. The minimum atomic E-state index is -0.433. The third-order valence-corrected chi connectivity index (χ3v) is 6.13. The summed E-state index contributed by atoms with van der Waals surface area (Å²) < 4.78 is 10.3. The van der Waals surface area contributed by atoms with Crippen molar-refractivity contribution >= 4 is 40.7 Å². The zero-order valence-electron chi connectivity index (χ0n) is 16.1. The fraction of sp³-hybridized carbons (Fsp3) is 0.182. The first kappa shape index (κ1) is 21.0. The normalized spacial score (nSPS) is 10.4. The second-order valence-electron chi connectivity index (χ2n) is 5.95. The number of methoxy groups -OCH3 is 1. The van der Waals surface area contributed by atoms with Gasteiger partial charge in [0.2, 0.25) is 5.91 Å². The number of amides is 1. The zero-order chi connectivity index (χ0) is 20.6. The molecule has 0 aliphatic rings. The molecule has 0 saturated heterocycles. The Balaban J connectivity index is 1.72. The Kier molecular flexibility index (Phi) is 7.32. The molecule has 29 heavy (non-hydrogen) atoms. The summed E-state index contributed by atoms with van der Waals surface area (Å²) in [6.07, 6.45) is 0. The number of nitrogens with one attached hydrogen (secondary N) is 1. The second-order valence-corrected chi connectivity index (χ2v) is 8.05. The number of rotatable bonds is 8. The lowest BCUT2D eigenvalue weighted by Crippen LogP contribution is -2.16. The maximum atomic E-state index is 12.5. The van der Waals surface area contributed by atoms with Crippen molar-refractivity contribution in [1.29, 1.82) is 0 Å². The van der Waals surface area contributed by atoms with Gasteiger partial charge in [0.15, 0.2) is 0 Å². The summed E-state index contributed by atoms with van der Waals surface area (Å²) in [5.41, 5.74) is 1.46. The first-order valence-electron chi connectivity index (χ1n) is 9.03. The SMILES string of the molecule is CCOC(=O)c1sc(-c2ccccc2)cc1NC(=O)CSc1ccc(OC)cc1. The highest BCUT2D eigenvalue weighted by Crippen LogP contribution is 2.35. The standard InChI is InChI=1S/C22H21NO4S2/c1-3-27-22(25)21-18(13-19(29-21)15-7-5-4-6-8-15)23-20(24)14-28-17-11-9-16(26-2)10-12-17/h4-13H,3,14H2,1-2H3,(H,23,24). The van der Waals surface area contributed by atoms with Crippen molar-refractivity contribution in [2.45, 2.75) is 11.8 Å². The van der Waals surface area contributed by atoms with Gasteiger partial charge in [-0.25, -0.2) is 4.79 Å². The predicted molar refractivity (Wildman–Crippen MR) is 118 cm³/mol. The molecule has 0 atom stereocenters. The number of hydrogen-bond donors (Lipinski definition) is 1. The van der Waals surface area contributed by atoms with E-state index in [-0.39, 0.29) is 18.3 Å². The van der Waals surface area contributed by atoms with E-state index in [0.717, 1.165) is 21.1 Å². The molecule has 3 aromatic rings. The van der Waals surface area contributed by atoms with E-state index in [4.69, 9.17) is 9.47 Å². The third kappa shape index (κ3) is 5.62. The topological polar surface area (TPSA) is 64.6 Å². The maximum absolute atomic E-state index is 12.5. The number of esters is 1. The summed E-state index contributed by atoms with van der Waals surface area (Å²) in [6.45, 7) is 2.03. The van der Waals surface area contributed by atoms with Crippen LogP contribution in [0.15, 0.2) is 65.6 Å². The molecule has 1 N–H and O–H groups in total. The first-order chi connectivity index (χ1) is 14.1. The number of thioether (sulfide) groups is 1. The van der Waals surface area contributed by atoms with Gasteiger partial charge in [-0.05, 0) is 42.8 Å². The summed E-state index contributed by atoms with van der Waals surface area (Å²) in [4.78, 5) is 27.1. The Hall–Kier alpha value is -2.77. The zero-order valence-corrected chi connectivity index (χ0v) is 17.8. The Labute approximate surface area is 178 Å². The van der Waals surface area contributed by atoms with Crippen LogP contribution in [0.3, 0.4) is 0 Å². The van der Waals surface area contributed by atoms with E-state index in [0.29, 0.717) is 10.6 Å². The van der Waals surface area contributed by atoms with E-state index < -0.39 is 5.97 Å². The second kappa shape index (κ2) is 10.1. The number of anilines is 1. The molecule has 0 aliphatic carbocycles. The minimum absolute atomic E-state index is 0.186. The van der Waals surface area contributed by atoms with Crippen LogP contribution in [0.4, 0.5) is 5.69 Å². The Morgan fingerprint density at radius 3 is 2.45 bits per heavy atom. The van der Waals surface area contributed by atoms with Crippen molar-refractivity contribution < 1.29 is 19.1 Å². The molecule has 0 saturated carbocycles. The van der Waals surface area contributed by atoms with Gasteiger partial charge in [0, 0.05) is 9.77 Å². The van der Waals surface area contributed by atoms with Gasteiger partial charge in [0.1, 0.15) is 10.6 Å². The van der Waals surface area contributed by atoms with Gasteiger partial charge in [-0.15, -0.1) is 23.1 Å². The smallest absolute Gasteiger partial charge is 0.350 e. The van der Waals surface area contributed by atoms with E-state index in [1.165, 1.54) is 23.1 Å². The summed E-state index contributed by atoms with van der Waals surface area (Å²) >= 11 is 2.73. The van der Waals surface area contributed by atoms with Crippen LogP contribution in [-0.4, -0.2) is 31.3 Å². The lowest BCUT2D eigenvalue weighted by molar-refractivity contribution is -0.113. The van der Waals surface area contributed by atoms with Crippen molar-refractivity contribution in [2.24, 2.45) is 0 Å². The van der Waals surface area contributed by atoms with Crippen molar-refractivity contribution in [1.82, 2.24) is 0 Å². The summed E-state index contributed by atoms with van der Waals surface area (Å²) in [5.74, 6) is 0.377. The molecule has 0 fully saturated rings. The van der Waals surface area contributed by atoms with Crippen LogP contribution in [0, 0.1) is 0 Å². The molecule has 1 aromatic heterocycles. The van der Waals surface area contributed by atoms with Crippen molar-refractivity contribution in [3.05, 3.63) is 65.5 Å². The Bertz CT molecular complexity index is 968. The molecular weight excluding hydrogens is 406 g/mol. The molecule has 0 aliphatic heterocycles. The molecule has 0 bridgehead atoms. The quantitative estimate of drug-likeness (QED) is 0.389. The van der Waals surface area contributed by atoms with E-state index in [9.17, 15) is 9.59 Å². The Morgan fingerprint density at radius 1 is 1.07 bits per heavy atom. The molecule has 7 heteroatoms. The molecule has 5 nitrogen and oxygen atoms in total. The fourth-order valence-corrected chi connectivity index (χ4v) is 4.30. The molecule has 0 unspecified atom stereocenters. The monoisotopic (exact) mass is 427 g/mol. The number of thiophene rings is 1. The van der Waals surface area contributed by atoms with Gasteiger partial charge in [-0.1, -0.05) is 30.3 Å². The van der Waals surface area contributed by atoms with E-state index >= 15 is 0 Å². The molecule has 1 heterocycles. The van der Waals surface area contributed by atoms with Crippen LogP contribution in [0.5, 0.6) is 5.75 Å². The van der Waals surface area contributed by atoms with Crippen LogP contribution in [0.2, 0.25) is 0 Å². The van der Waals surface area contributed by atoms with E-state index in [2.05, 4.69) is 5.32 Å². The number of carbonyl (C=O) groups is 2. The van der Waals surface area contributed by atoms with Gasteiger partial charge >= 0.3 is 5.97 Å². The van der Waals surface area contributed by atoms with Crippen molar-refractivity contribution in [3.8, 4) is 16.2 Å². The first-order valence-corrected chi connectivity index (χ1v) is 10.8. The minimum Gasteiger partial charge on any atom is -0.497 e. The maximum Gasteiger partial charge on any atom is 0.350 e. The fourth-order valence-electron chi connectivity index (χ4n) is 2.58. The van der Waals surface area contributed by atoms with Gasteiger partial charge in [-0.2, -0.15) is 0 Å². The molecule has 1 amide bonds. The average molecular weight is 428 g/mol. The number of hydrogen-bond acceptors (Lipinski definition) is 6. The van der Waals surface area contributed by atoms with Crippen LogP contribution in [0.1, 0.15) is 16.6 Å². The lowest BCUT2D eigenvalue weighted by Gasteiger charge is -2.06. The van der Waals surface area contributed by atoms with Gasteiger partial charge < -0.3 is 14.8 Å². The van der Waals surface area contributed by atoms with Crippen LogP contribution < -0.4 is 10.1 Å². The van der Waals surface area contributed by atoms with Crippen LogP contribution in [-0.2, 0) is 9.53 Å². The third-order valence-electron chi connectivity index (χ3n) is 3.95. The lowest BCUT2D eigenvalue weighted by atomic mass is 10.2. The molecule has 2 aromatic carbocycles. The van der Waals surface area contributed by atoms with Crippen LogP contribution >= 0.6 is 23.1 Å². The van der Waals surface area contributed by atoms with E-state index in [1.807, 2.05) is 60.7 Å². The van der Waals surface area contributed by atoms with Crippen molar-refractivity contribution in [2.75, 3.05) is 24.8 Å². The van der Waals surface area contributed by atoms with Gasteiger partial charge in [0.25, 0.3) is 0 Å². The Morgan fingerprint density at radius 2 is 1.79 bits per heavy atom.